The van der Waals surface area contributed by atoms with Gasteiger partial charge in [0.05, 0.1) is 10.6 Å². The summed E-state index contributed by atoms with van der Waals surface area (Å²) in [5.41, 5.74) is -0.876. The summed E-state index contributed by atoms with van der Waals surface area (Å²) in [5.74, 6) is 0. The van der Waals surface area contributed by atoms with Crippen LogP contribution in [0.5, 0.6) is 0 Å². The van der Waals surface area contributed by atoms with Crippen molar-refractivity contribution in [3.8, 4) is 0 Å². The number of hydrogen-bond acceptors (Lipinski definition) is 3. The highest BCUT2D eigenvalue weighted by molar-refractivity contribution is 8.13. The van der Waals surface area contributed by atoms with Crippen LogP contribution >= 0.6 is 33.9 Å². The topological polar surface area (TPSA) is 47.0 Å². The second kappa shape index (κ2) is 4.37. The van der Waals surface area contributed by atoms with Crippen LogP contribution in [0.4, 0.5) is 8.78 Å². The molecule has 0 N–H and O–H groups in total. The zero-order chi connectivity index (χ0) is 11.8. The first kappa shape index (κ1) is 12.9. The number of alkyl halides is 2. The summed E-state index contributed by atoms with van der Waals surface area (Å²) in [4.78, 5) is 2.40. The van der Waals surface area contributed by atoms with Crippen molar-refractivity contribution in [2.45, 2.75) is 11.3 Å². The molecule has 0 atom stereocenters. The van der Waals surface area contributed by atoms with E-state index in [0.29, 0.717) is 6.20 Å². The van der Waals surface area contributed by atoms with Crippen molar-refractivity contribution >= 4 is 42.9 Å². The number of nitrogens with zero attached hydrogens (tertiary/aromatic N) is 1. The van der Waals surface area contributed by atoms with Gasteiger partial charge < -0.3 is 0 Å². The Hall–Kier alpha value is -0.170. The molecule has 3 nitrogen and oxygen atoms in total. The molecule has 1 heterocycles. The smallest absolute Gasteiger partial charge is 0.242 e. The van der Waals surface area contributed by atoms with Crippen molar-refractivity contribution in [2.75, 3.05) is 0 Å². The lowest BCUT2D eigenvalue weighted by Gasteiger charge is -2.07. The van der Waals surface area contributed by atoms with Gasteiger partial charge in [-0.3, -0.25) is 0 Å². The lowest BCUT2D eigenvalue weighted by atomic mass is 10.3. The highest BCUT2D eigenvalue weighted by Gasteiger charge is 2.27. The minimum absolute atomic E-state index is 0.403. The van der Waals surface area contributed by atoms with Gasteiger partial charge >= 0.3 is 0 Å². The maximum Gasteiger partial charge on any atom is 0.266 e. The van der Waals surface area contributed by atoms with Crippen LogP contribution in [-0.2, 0) is 9.05 Å². The number of pyridine rings is 1. The van der Waals surface area contributed by atoms with E-state index >= 15 is 0 Å². The number of hydrogen-bond donors (Lipinski definition) is 0. The van der Waals surface area contributed by atoms with Gasteiger partial charge in [0, 0.05) is 16.9 Å². The fourth-order valence-corrected chi connectivity index (χ4v) is 2.88. The molecule has 0 aliphatic rings. The molecule has 0 radical (unpaired) electrons. The average molecular weight is 297 g/mol. The summed E-state index contributed by atoms with van der Waals surface area (Å²) < 4.78 is 46.8. The van der Waals surface area contributed by atoms with Gasteiger partial charge in [-0.15, -0.1) is 0 Å². The summed E-state index contributed by atoms with van der Waals surface area (Å²) in [7, 11) is 0.557. The maximum atomic E-state index is 12.4. The minimum Gasteiger partial charge on any atom is -0.242 e. The molecular weight excluding hydrogens is 294 g/mol. The molecule has 15 heavy (non-hydrogen) atoms. The molecule has 0 aliphatic heterocycles. The van der Waals surface area contributed by atoms with Gasteiger partial charge in [0.15, 0.2) is 0 Å². The van der Waals surface area contributed by atoms with E-state index in [1.54, 1.807) is 0 Å². The average Bonchev–Trinajstić information content (AvgIpc) is 2.06. The SMILES string of the molecule is O=S(=O)(Cl)c1c(C(F)F)cnc(Cl)c1Cl. The van der Waals surface area contributed by atoms with E-state index in [0.717, 1.165) is 0 Å². The maximum absolute atomic E-state index is 12.4. The van der Waals surface area contributed by atoms with E-state index in [2.05, 4.69) is 4.98 Å². The van der Waals surface area contributed by atoms with Crippen molar-refractivity contribution < 1.29 is 17.2 Å². The summed E-state index contributed by atoms with van der Waals surface area (Å²) >= 11 is 10.8. The van der Waals surface area contributed by atoms with Gasteiger partial charge in [0.1, 0.15) is 10.0 Å². The lowest BCUT2D eigenvalue weighted by molar-refractivity contribution is 0.147. The molecule has 0 saturated carbocycles. The molecule has 1 aromatic heterocycles. The summed E-state index contributed by atoms with van der Waals surface area (Å²) in [6.45, 7) is 0. The van der Waals surface area contributed by atoms with Crippen LogP contribution in [0.25, 0.3) is 0 Å². The summed E-state index contributed by atoms with van der Waals surface area (Å²) in [6.07, 6.45) is -2.44. The number of rotatable bonds is 2. The summed E-state index contributed by atoms with van der Waals surface area (Å²) in [5, 5.41) is -1.01. The molecule has 0 aliphatic carbocycles. The largest absolute Gasteiger partial charge is 0.266 e. The molecule has 0 amide bonds. The lowest BCUT2D eigenvalue weighted by Crippen LogP contribution is -2.01. The van der Waals surface area contributed by atoms with E-state index < -0.39 is 36.1 Å². The zero-order valence-electron chi connectivity index (χ0n) is 6.72. The van der Waals surface area contributed by atoms with E-state index in [1.165, 1.54) is 0 Å². The summed E-state index contributed by atoms with van der Waals surface area (Å²) in [6, 6.07) is 0. The Kier molecular flexibility index (Phi) is 3.76. The van der Waals surface area contributed by atoms with Crippen LogP contribution in [0.2, 0.25) is 10.2 Å². The predicted octanol–water partition coefficient (Wildman–Crippen LogP) is 3.25. The van der Waals surface area contributed by atoms with Gasteiger partial charge in [-0.2, -0.15) is 0 Å². The third-order valence-electron chi connectivity index (χ3n) is 1.44. The van der Waals surface area contributed by atoms with Gasteiger partial charge in [-0.05, 0) is 0 Å². The van der Waals surface area contributed by atoms with Gasteiger partial charge in [0.2, 0.25) is 0 Å². The Morgan fingerprint density at radius 1 is 1.33 bits per heavy atom. The zero-order valence-corrected chi connectivity index (χ0v) is 9.80. The normalized spacial score (nSPS) is 12.1. The fraction of sp³-hybridized carbons (Fsp3) is 0.167. The highest BCUT2D eigenvalue weighted by atomic mass is 35.7. The van der Waals surface area contributed by atoms with E-state index in [1.807, 2.05) is 0 Å². The minimum atomic E-state index is -4.40. The molecule has 1 rings (SSSR count). The Morgan fingerprint density at radius 2 is 1.87 bits per heavy atom. The molecular formula is C6H2Cl3F2NO2S. The van der Waals surface area contributed by atoms with Crippen molar-refractivity contribution in [3.05, 3.63) is 21.9 Å². The van der Waals surface area contributed by atoms with Crippen LogP contribution in [0, 0.1) is 0 Å². The highest BCUT2D eigenvalue weighted by Crippen LogP contribution is 2.36. The molecule has 0 fully saturated rings. The Morgan fingerprint density at radius 3 is 2.27 bits per heavy atom. The first-order valence-corrected chi connectivity index (χ1v) is 6.38. The van der Waals surface area contributed by atoms with Crippen LogP contribution in [-0.4, -0.2) is 13.4 Å². The van der Waals surface area contributed by atoms with Gasteiger partial charge in [0.25, 0.3) is 15.5 Å². The first-order valence-electron chi connectivity index (χ1n) is 3.32. The Balaban J connectivity index is 3.65. The van der Waals surface area contributed by atoms with Crippen LogP contribution in [0.15, 0.2) is 11.1 Å². The monoisotopic (exact) mass is 295 g/mol. The first-order chi connectivity index (χ1) is 6.75. The van der Waals surface area contributed by atoms with Crippen LogP contribution in [0.1, 0.15) is 12.0 Å². The molecule has 1 aromatic rings. The molecule has 9 heteroatoms. The van der Waals surface area contributed by atoms with Crippen LogP contribution in [0.3, 0.4) is 0 Å². The predicted molar refractivity (Wildman–Crippen MR) is 52.3 cm³/mol. The van der Waals surface area contributed by atoms with Gasteiger partial charge in [-0.1, -0.05) is 23.2 Å². The molecule has 0 bridgehead atoms. The van der Waals surface area contributed by atoms with Crippen molar-refractivity contribution in [1.82, 2.24) is 4.98 Å². The fourth-order valence-electron chi connectivity index (χ4n) is 0.865. The van der Waals surface area contributed by atoms with Gasteiger partial charge in [-0.25, -0.2) is 22.2 Å². The van der Waals surface area contributed by atoms with Crippen molar-refractivity contribution in [2.24, 2.45) is 0 Å². The number of halogens is 5. The van der Waals surface area contributed by atoms with Crippen molar-refractivity contribution in [3.63, 3.8) is 0 Å². The second-order valence-electron chi connectivity index (χ2n) is 2.39. The quantitative estimate of drug-likeness (QED) is 0.621. The molecule has 0 spiro atoms. The second-order valence-corrected chi connectivity index (χ2v) is 5.62. The molecule has 0 unspecified atom stereocenters. The Labute approximate surface area is 98.4 Å². The standard InChI is InChI=1S/C6H2Cl3F2NO2S/c7-3-4(15(9,13)14)2(6(10)11)1-12-5(3)8/h1,6H. The van der Waals surface area contributed by atoms with Crippen LogP contribution < -0.4 is 0 Å². The van der Waals surface area contributed by atoms with E-state index in [4.69, 9.17) is 33.9 Å². The van der Waals surface area contributed by atoms with Crippen molar-refractivity contribution in [1.29, 1.82) is 0 Å². The van der Waals surface area contributed by atoms with E-state index in [-0.39, 0.29) is 0 Å². The molecule has 84 valence electrons. The Bertz CT molecular complexity index is 491. The third-order valence-corrected chi connectivity index (χ3v) is 3.69. The third kappa shape index (κ3) is 2.69. The molecule has 0 saturated heterocycles. The number of aromatic nitrogens is 1. The molecule has 0 aromatic carbocycles. The van der Waals surface area contributed by atoms with E-state index in [9.17, 15) is 17.2 Å².